The Kier molecular flexibility index (Phi) is 2.65. The molecule has 0 aliphatic carbocycles. The minimum Gasteiger partial charge on any atom is -0.495 e. The molecule has 3 nitrogen and oxygen atoms in total. The predicted octanol–water partition coefficient (Wildman–Crippen LogP) is 1.92. The van der Waals surface area contributed by atoms with Crippen LogP contribution in [0.15, 0.2) is 6.07 Å². The Morgan fingerprint density at radius 3 is 2.62 bits per heavy atom. The molecule has 0 bridgehead atoms. The summed E-state index contributed by atoms with van der Waals surface area (Å²) >= 11 is 0. The lowest BCUT2D eigenvalue weighted by atomic mass is 10.2. The number of ether oxygens (including phenoxy) is 1. The summed E-state index contributed by atoms with van der Waals surface area (Å²) in [4.78, 5) is 3.64. The molecule has 0 spiro atoms. The van der Waals surface area contributed by atoms with E-state index < -0.39 is 6.43 Å². The quantitative estimate of drug-likeness (QED) is 0.771. The fraction of sp³-hybridized carbons (Fsp3) is 0.375. The summed E-state index contributed by atoms with van der Waals surface area (Å²) in [5.41, 5.74) is 5.85. The Balaban J connectivity index is 3.25. The smallest absolute Gasteiger partial charge is 0.284 e. The van der Waals surface area contributed by atoms with Crippen molar-refractivity contribution >= 4 is 5.69 Å². The number of hydrogen-bond donors (Lipinski definition) is 1. The molecule has 0 atom stereocenters. The van der Waals surface area contributed by atoms with Gasteiger partial charge in [-0.25, -0.2) is 13.8 Å². The van der Waals surface area contributed by atoms with E-state index >= 15 is 0 Å². The van der Waals surface area contributed by atoms with E-state index in [1.807, 2.05) is 0 Å². The van der Waals surface area contributed by atoms with Crippen molar-refractivity contribution in [2.75, 3.05) is 12.8 Å². The number of anilines is 1. The van der Waals surface area contributed by atoms with Crippen LogP contribution in [0, 0.1) is 6.92 Å². The number of nitrogens with zero attached hydrogens (tertiary/aromatic N) is 1. The molecule has 0 saturated carbocycles. The maximum atomic E-state index is 12.3. The number of rotatable bonds is 2. The van der Waals surface area contributed by atoms with Crippen molar-refractivity contribution in [3.8, 4) is 5.75 Å². The van der Waals surface area contributed by atoms with E-state index in [2.05, 4.69) is 4.98 Å². The zero-order chi connectivity index (χ0) is 10.0. The van der Waals surface area contributed by atoms with Crippen molar-refractivity contribution in [3.05, 3.63) is 17.5 Å². The predicted molar refractivity (Wildman–Crippen MR) is 44.9 cm³/mol. The third-order valence-corrected chi connectivity index (χ3v) is 1.67. The van der Waals surface area contributed by atoms with E-state index in [4.69, 9.17) is 10.5 Å². The van der Waals surface area contributed by atoms with Crippen LogP contribution >= 0.6 is 0 Å². The van der Waals surface area contributed by atoms with Gasteiger partial charge < -0.3 is 10.5 Å². The van der Waals surface area contributed by atoms with Gasteiger partial charge in [-0.2, -0.15) is 0 Å². The molecule has 0 saturated heterocycles. The van der Waals surface area contributed by atoms with Gasteiger partial charge in [-0.15, -0.1) is 0 Å². The largest absolute Gasteiger partial charge is 0.495 e. The molecule has 0 amide bonds. The Bertz CT molecular complexity index is 315. The van der Waals surface area contributed by atoms with Crippen molar-refractivity contribution in [1.29, 1.82) is 0 Å². The van der Waals surface area contributed by atoms with Gasteiger partial charge in [0.2, 0.25) is 0 Å². The normalized spacial score (nSPS) is 10.5. The van der Waals surface area contributed by atoms with Gasteiger partial charge in [0.15, 0.2) is 0 Å². The summed E-state index contributed by atoms with van der Waals surface area (Å²) in [6, 6.07) is 1.35. The third-order valence-electron chi connectivity index (χ3n) is 1.67. The van der Waals surface area contributed by atoms with Gasteiger partial charge in [0.05, 0.1) is 18.5 Å². The molecule has 13 heavy (non-hydrogen) atoms. The lowest BCUT2D eigenvalue weighted by Crippen LogP contribution is -2.01. The summed E-state index contributed by atoms with van der Waals surface area (Å²) in [5.74, 6) is 0.0260. The summed E-state index contributed by atoms with van der Waals surface area (Å²) in [5, 5.41) is 0. The molecule has 72 valence electrons. The zero-order valence-corrected chi connectivity index (χ0v) is 7.34. The second-order valence-corrected chi connectivity index (χ2v) is 2.55. The van der Waals surface area contributed by atoms with E-state index in [0.717, 1.165) is 0 Å². The van der Waals surface area contributed by atoms with Crippen LogP contribution in [-0.2, 0) is 0 Å². The molecule has 0 unspecified atom stereocenters. The molecule has 0 fully saturated rings. The minimum atomic E-state index is -2.64. The van der Waals surface area contributed by atoms with Crippen LogP contribution < -0.4 is 10.5 Å². The fourth-order valence-corrected chi connectivity index (χ4v) is 0.940. The number of aromatic nitrogens is 1. The Morgan fingerprint density at radius 2 is 2.15 bits per heavy atom. The summed E-state index contributed by atoms with van der Waals surface area (Å²) < 4.78 is 29.4. The highest BCUT2D eigenvalue weighted by molar-refractivity contribution is 5.49. The molecule has 1 aromatic heterocycles. The van der Waals surface area contributed by atoms with Crippen LogP contribution in [0.4, 0.5) is 14.5 Å². The van der Waals surface area contributed by atoms with Gasteiger partial charge in [0.1, 0.15) is 11.4 Å². The number of halogens is 2. The average molecular weight is 188 g/mol. The standard InChI is InChI=1S/C8H10F2N2O/c1-4-5(11)3-6(13-2)7(12-4)8(9)10/h3,8H,11H2,1-2H3. The van der Waals surface area contributed by atoms with Crippen molar-refractivity contribution in [1.82, 2.24) is 4.98 Å². The average Bonchev–Trinajstić information content (AvgIpc) is 2.08. The van der Waals surface area contributed by atoms with Crippen molar-refractivity contribution < 1.29 is 13.5 Å². The van der Waals surface area contributed by atoms with Crippen LogP contribution in [0.3, 0.4) is 0 Å². The van der Waals surface area contributed by atoms with Crippen molar-refractivity contribution in [3.63, 3.8) is 0 Å². The highest BCUT2D eigenvalue weighted by Gasteiger charge is 2.16. The number of nitrogens with two attached hydrogens (primary N) is 1. The van der Waals surface area contributed by atoms with E-state index in [1.165, 1.54) is 13.2 Å². The molecular formula is C8H10F2N2O. The SMILES string of the molecule is COc1cc(N)c(C)nc1C(F)F. The molecule has 5 heteroatoms. The number of pyridine rings is 1. The van der Waals surface area contributed by atoms with Gasteiger partial charge in [0.25, 0.3) is 6.43 Å². The highest BCUT2D eigenvalue weighted by Crippen LogP contribution is 2.29. The molecule has 0 aliphatic rings. The highest BCUT2D eigenvalue weighted by atomic mass is 19.3. The Hall–Kier alpha value is -1.39. The molecular weight excluding hydrogens is 178 g/mol. The molecule has 0 aliphatic heterocycles. The molecule has 1 rings (SSSR count). The number of methoxy groups -OCH3 is 1. The van der Waals surface area contributed by atoms with Crippen LogP contribution in [0.5, 0.6) is 5.75 Å². The number of alkyl halides is 2. The topological polar surface area (TPSA) is 48.1 Å². The van der Waals surface area contributed by atoms with Gasteiger partial charge in [-0.3, -0.25) is 0 Å². The van der Waals surface area contributed by atoms with Crippen molar-refractivity contribution in [2.24, 2.45) is 0 Å². The maximum Gasteiger partial charge on any atom is 0.284 e. The molecule has 1 aromatic rings. The zero-order valence-electron chi connectivity index (χ0n) is 7.34. The summed E-state index contributed by atoms with van der Waals surface area (Å²) in [6.07, 6.45) is -2.64. The number of nitrogen functional groups attached to an aromatic ring is 1. The number of hydrogen-bond acceptors (Lipinski definition) is 3. The maximum absolute atomic E-state index is 12.3. The van der Waals surface area contributed by atoms with Crippen LogP contribution in [-0.4, -0.2) is 12.1 Å². The molecule has 1 heterocycles. The first-order valence-corrected chi connectivity index (χ1v) is 3.65. The van der Waals surface area contributed by atoms with E-state index in [1.54, 1.807) is 6.92 Å². The van der Waals surface area contributed by atoms with E-state index in [0.29, 0.717) is 11.4 Å². The Labute approximate surface area is 74.5 Å². The molecule has 0 aromatic carbocycles. The minimum absolute atomic E-state index is 0.0260. The molecule has 0 radical (unpaired) electrons. The van der Waals surface area contributed by atoms with Gasteiger partial charge in [-0.1, -0.05) is 0 Å². The van der Waals surface area contributed by atoms with Gasteiger partial charge in [-0.05, 0) is 6.92 Å². The third kappa shape index (κ3) is 1.85. The fourth-order valence-electron chi connectivity index (χ4n) is 0.940. The Morgan fingerprint density at radius 1 is 1.54 bits per heavy atom. The first-order valence-electron chi connectivity index (χ1n) is 3.65. The van der Waals surface area contributed by atoms with Crippen LogP contribution in [0.1, 0.15) is 17.8 Å². The van der Waals surface area contributed by atoms with E-state index in [-0.39, 0.29) is 11.4 Å². The van der Waals surface area contributed by atoms with Gasteiger partial charge in [0, 0.05) is 6.07 Å². The molecule has 2 N–H and O–H groups in total. The first-order chi connectivity index (χ1) is 6.06. The van der Waals surface area contributed by atoms with Gasteiger partial charge >= 0.3 is 0 Å². The van der Waals surface area contributed by atoms with Crippen LogP contribution in [0.2, 0.25) is 0 Å². The number of aryl methyl sites for hydroxylation is 1. The lowest BCUT2D eigenvalue weighted by Gasteiger charge is -2.09. The monoisotopic (exact) mass is 188 g/mol. The van der Waals surface area contributed by atoms with Crippen molar-refractivity contribution in [2.45, 2.75) is 13.3 Å². The second-order valence-electron chi connectivity index (χ2n) is 2.55. The summed E-state index contributed by atoms with van der Waals surface area (Å²) in [6.45, 7) is 1.57. The summed E-state index contributed by atoms with van der Waals surface area (Å²) in [7, 11) is 1.30. The lowest BCUT2D eigenvalue weighted by molar-refractivity contribution is 0.141. The van der Waals surface area contributed by atoms with E-state index in [9.17, 15) is 8.78 Å². The van der Waals surface area contributed by atoms with Crippen LogP contribution in [0.25, 0.3) is 0 Å². The first kappa shape index (κ1) is 9.70. The second kappa shape index (κ2) is 3.55.